The number of unbranched alkanes of at least 4 members (excludes halogenated alkanes) is 2. The number of carbonyl (C=O) groups is 1. The van der Waals surface area contributed by atoms with Crippen LogP contribution >= 0.6 is 11.6 Å². The Balaban J connectivity index is 1.80. The molecule has 1 amide bonds. The summed E-state index contributed by atoms with van der Waals surface area (Å²) >= 11 is 6.63. The second kappa shape index (κ2) is 12.2. The van der Waals surface area contributed by atoms with Crippen LogP contribution in [0.15, 0.2) is 48.7 Å². The topological polar surface area (TPSA) is 75.5 Å². The molecule has 3 rings (SSSR count). The molecule has 2 aromatic carbocycles. The highest BCUT2D eigenvalue weighted by molar-refractivity contribution is 7.75. The standard InChI is InChI=1S/C26H33ClN4O3S/c1-5-7-8-15-29(6-2)23-14-11-21(24(27)16-23)17-30-18-25(28-20(30)4)26(32)31(35(33)34)22-12-9-19(3)10-13-22/h9-14,16,18,35H,5-8,15,17H2,1-4H3. The predicted molar refractivity (Wildman–Crippen MR) is 143 cm³/mol. The first-order valence-corrected chi connectivity index (χ1v) is 13.4. The van der Waals surface area contributed by atoms with Gasteiger partial charge in [-0.25, -0.2) is 17.7 Å². The zero-order valence-corrected chi connectivity index (χ0v) is 22.4. The van der Waals surface area contributed by atoms with Crippen LogP contribution in [0.4, 0.5) is 11.4 Å². The van der Waals surface area contributed by atoms with Gasteiger partial charge in [-0.15, -0.1) is 0 Å². The number of imidazole rings is 1. The summed E-state index contributed by atoms with van der Waals surface area (Å²) in [6.07, 6.45) is 5.10. The Kier molecular flexibility index (Phi) is 9.34. The molecule has 0 atom stereocenters. The molecule has 0 radical (unpaired) electrons. The lowest BCUT2D eigenvalue weighted by molar-refractivity contribution is 0.100. The van der Waals surface area contributed by atoms with E-state index in [1.165, 1.54) is 12.8 Å². The molecule has 1 heterocycles. The maximum absolute atomic E-state index is 13.1. The van der Waals surface area contributed by atoms with Crippen molar-refractivity contribution in [2.24, 2.45) is 0 Å². The van der Waals surface area contributed by atoms with Gasteiger partial charge in [0.05, 0.1) is 12.2 Å². The molecule has 0 saturated carbocycles. The maximum Gasteiger partial charge on any atom is 0.292 e. The van der Waals surface area contributed by atoms with E-state index in [2.05, 4.69) is 29.8 Å². The van der Waals surface area contributed by atoms with E-state index in [0.717, 1.165) is 40.6 Å². The third kappa shape index (κ3) is 6.64. The molecule has 0 spiro atoms. The summed E-state index contributed by atoms with van der Waals surface area (Å²) in [6, 6.07) is 12.8. The van der Waals surface area contributed by atoms with Crippen LogP contribution in [-0.2, 0) is 17.4 Å². The third-order valence-corrected chi connectivity index (χ3v) is 7.08. The van der Waals surface area contributed by atoms with Gasteiger partial charge in [-0.3, -0.25) is 4.79 Å². The number of thiol groups is 1. The average Bonchev–Trinajstić information content (AvgIpc) is 3.19. The molecule has 0 fully saturated rings. The van der Waals surface area contributed by atoms with E-state index in [1.54, 1.807) is 42.0 Å². The Hall–Kier alpha value is -2.84. The summed E-state index contributed by atoms with van der Waals surface area (Å²) < 4.78 is 26.4. The lowest BCUT2D eigenvalue weighted by atomic mass is 10.1. The minimum Gasteiger partial charge on any atom is -0.372 e. The number of halogens is 1. The number of nitrogens with zero attached hydrogens (tertiary/aromatic N) is 4. The summed E-state index contributed by atoms with van der Waals surface area (Å²) in [5, 5.41) is 0.640. The molecule has 3 aromatic rings. The van der Waals surface area contributed by atoms with Crippen molar-refractivity contribution in [3.63, 3.8) is 0 Å². The molecule has 0 saturated heterocycles. The van der Waals surface area contributed by atoms with Crippen molar-refractivity contribution in [1.82, 2.24) is 9.55 Å². The summed E-state index contributed by atoms with van der Waals surface area (Å²) in [5.74, 6) is -0.104. The highest BCUT2D eigenvalue weighted by Crippen LogP contribution is 2.26. The summed E-state index contributed by atoms with van der Waals surface area (Å²) in [7, 11) is -3.18. The molecule has 9 heteroatoms. The number of aromatic nitrogens is 2. The fourth-order valence-electron chi connectivity index (χ4n) is 3.92. The first-order chi connectivity index (χ1) is 16.7. The normalized spacial score (nSPS) is 11.1. The Labute approximate surface area is 214 Å². The highest BCUT2D eigenvalue weighted by atomic mass is 35.5. The fraction of sp³-hybridized carbons (Fsp3) is 0.385. The number of benzene rings is 2. The van der Waals surface area contributed by atoms with E-state index < -0.39 is 16.8 Å². The van der Waals surface area contributed by atoms with E-state index in [9.17, 15) is 13.2 Å². The van der Waals surface area contributed by atoms with E-state index >= 15 is 0 Å². The Morgan fingerprint density at radius 2 is 1.71 bits per heavy atom. The largest absolute Gasteiger partial charge is 0.372 e. The number of hydrogen-bond donors (Lipinski definition) is 1. The van der Waals surface area contributed by atoms with Gasteiger partial charge in [0, 0.05) is 30.0 Å². The number of amides is 1. The summed E-state index contributed by atoms with van der Waals surface area (Å²) in [4.78, 5) is 19.7. The zero-order valence-electron chi connectivity index (χ0n) is 20.7. The average molecular weight is 517 g/mol. The van der Waals surface area contributed by atoms with Crippen molar-refractivity contribution < 1.29 is 13.2 Å². The van der Waals surface area contributed by atoms with Gasteiger partial charge in [0.2, 0.25) is 10.9 Å². The minimum absolute atomic E-state index is 0.0584. The third-order valence-electron chi connectivity index (χ3n) is 5.99. The molecule has 1 aromatic heterocycles. The summed E-state index contributed by atoms with van der Waals surface area (Å²) in [5.41, 5.74) is 3.28. The molecule has 0 bridgehead atoms. The van der Waals surface area contributed by atoms with Gasteiger partial charge >= 0.3 is 0 Å². The molecule has 188 valence electrons. The smallest absolute Gasteiger partial charge is 0.292 e. The van der Waals surface area contributed by atoms with Gasteiger partial charge in [0.15, 0.2) is 0 Å². The molecule has 35 heavy (non-hydrogen) atoms. The van der Waals surface area contributed by atoms with Crippen LogP contribution in [0.1, 0.15) is 60.5 Å². The quantitative estimate of drug-likeness (QED) is 0.273. The predicted octanol–water partition coefficient (Wildman–Crippen LogP) is 5.39. The van der Waals surface area contributed by atoms with E-state index in [0.29, 0.717) is 17.4 Å². The second-order valence-corrected chi connectivity index (χ2v) is 9.84. The molecular formula is C26H33ClN4O3S. The van der Waals surface area contributed by atoms with Gasteiger partial charge in [-0.05, 0) is 57.0 Å². The molecule has 0 aliphatic rings. The number of rotatable bonds is 11. The van der Waals surface area contributed by atoms with Crippen LogP contribution in [0.3, 0.4) is 0 Å². The Morgan fingerprint density at radius 3 is 2.31 bits per heavy atom. The minimum atomic E-state index is -3.18. The second-order valence-electron chi connectivity index (χ2n) is 8.55. The van der Waals surface area contributed by atoms with Crippen molar-refractivity contribution >= 4 is 39.8 Å². The Morgan fingerprint density at radius 1 is 1.03 bits per heavy atom. The molecule has 0 aliphatic carbocycles. The fourth-order valence-corrected chi connectivity index (χ4v) is 4.73. The van der Waals surface area contributed by atoms with Crippen LogP contribution in [0.5, 0.6) is 0 Å². The van der Waals surface area contributed by atoms with Crippen molar-refractivity contribution in [2.45, 2.75) is 53.5 Å². The van der Waals surface area contributed by atoms with Crippen molar-refractivity contribution in [3.8, 4) is 0 Å². The van der Waals surface area contributed by atoms with Crippen LogP contribution in [-0.4, -0.2) is 37.0 Å². The number of hydrogen-bond acceptors (Lipinski definition) is 5. The molecule has 7 nitrogen and oxygen atoms in total. The van der Waals surface area contributed by atoms with Crippen molar-refractivity contribution in [3.05, 3.63) is 76.3 Å². The lowest BCUT2D eigenvalue weighted by Gasteiger charge is -2.24. The van der Waals surface area contributed by atoms with Gasteiger partial charge in [0.25, 0.3) is 5.91 Å². The van der Waals surface area contributed by atoms with Crippen molar-refractivity contribution in [2.75, 3.05) is 22.3 Å². The van der Waals surface area contributed by atoms with Crippen molar-refractivity contribution in [1.29, 1.82) is 0 Å². The Bertz CT molecular complexity index is 1230. The van der Waals surface area contributed by atoms with Crippen LogP contribution in [0.2, 0.25) is 5.02 Å². The lowest BCUT2D eigenvalue weighted by Crippen LogP contribution is -2.29. The number of anilines is 2. The first-order valence-electron chi connectivity index (χ1n) is 11.9. The zero-order chi connectivity index (χ0) is 25.5. The number of aryl methyl sites for hydroxylation is 2. The van der Waals surface area contributed by atoms with Gasteiger partial charge in [-0.1, -0.05) is 55.1 Å². The van der Waals surface area contributed by atoms with Gasteiger partial charge in [-0.2, -0.15) is 0 Å². The molecule has 0 aliphatic heterocycles. The van der Waals surface area contributed by atoms with E-state index in [4.69, 9.17) is 11.6 Å². The van der Waals surface area contributed by atoms with Gasteiger partial charge < -0.3 is 9.47 Å². The first kappa shape index (κ1) is 26.8. The number of carbonyl (C=O) groups excluding carboxylic acids is 1. The van der Waals surface area contributed by atoms with E-state index in [-0.39, 0.29) is 11.4 Å². The van der Waals surface area contributed by atoms with E-state index in [1.807, 2.05) is 19.1 Å². The van der Waals surface area contributed by atoms with Gasteiger partial charge in [0.1, 0.15) is 11.5 Å². The monoisotopic (exact) mass is 516 g/mol. The maximum atomic E-state index is 13.1. The molecule has 0 N–H and O–H groups in total. The molecule has 0 unspecified atom stereocenters. The molecular weight excluding hydrogens is 484 g/mol. The van der Waals surface area contributed by atoms with Crippen LogP contribution in [0.25, 0.3) is 0 Å². The highest BCUT2D eigenvalue weighted by Gasteiger charge is 2.23. The SMILES string of the molecule is CCCCCN(CC)c1ccc(Cn2cc(C(=O)N(c3ccc(C)cc3)[SH](=O)=O)nc2C)c(Cl)c1. The van der Waals surface area contributed by atoms with Crippen LogP contribution < -0.4 is 9.21 Å². The van der Waals surface area contributed by atoms with Crippen LogP contribution in [0, 0.1) is 13.8 Å². The summed E-state index contributed by atoms with van der Waals surface area (Å²) in [6.45, 7) is 10.3.